The standard InChI is InChI=1S/C14H27O4.Y/c1-7-13(5,17-10-15)9-14(6,18-11-16)8-12(2,3)4;/h16H,7-9,11H2,1-6H3;/q-1;. The first-order chi connectivity index (χ1) is 8.10. The van der Waals surface area contributed by atoms with Gasteiger partial charge in [-0.2, -0.15) is 0 Å². The number of aliphatic hydroxyl groups is 1. The van der Waals surface area contributed by atoms with Crippen molar-refractivity contribution in [3.05, 3.63) is 0 Å². The second kappa shape index (κ2) is 8.71. The second-order valence-corrected chi connectivity index (χ2v) is 6.63. The summed E-state index contributed by atoms with van der Waals surface area (Å²) in [7, 11) is 0. The van der Waals surface area contributed by atoms with Crippen LogP contribution in [0.4, 0.5) is 0 Å². The molecule has 0 rings (SSSR count). The van der Waals surface area contributed by atoms with Gasteiger partial charge in [0, 0.05) is 39.1 Å². The normalized spacial score (nSPS) is 17.8. The molecule has 0 aliphatic rings. The van der Waals surface area contributed by atoms with Gasteiger partial charge in [0.1, 0.15) is 6.79 Å². The van der Waals surface area contributed by atoms with Gasteiger partial charge in [-0.1, -0.05) is 34.2 Å². The molecular weight excluding hydrogens is 321 g/mol. The molecule has 1 radical (unpaired) electrons. The summed E-state index contributed by atoms with van der Waals surface area (Å²) < 4.78 is 10.6. The summed E-state index contributed by atoms with van der Waals surface area (Å²) in [6.07, 6.45) is 1.97. The first-order valence-electron chi connectivity index (χ1n) is 6.40. The van der Waals surface area contributed by atoms with E-state index in [2.05, 4.69) is 20.8 Å². The summed E-state index contributed by atoms with van der Waals surface area (Å²) in [5.41, 5.74) is -1.09. The van der Waals surface area contributed by atoms with Crippen molar-refractivity contribution in [3.63, 3.8) is 0 Å². The molecule has 1 N–H and O–H groups in total. The van der Waals surface area contributed by atoms with E-state index in [0.717, 1.165) is 6.42 Å². The minimum atomic E-state index is -0.614. The van der Waals surface area contributed by atoms with E-state index < -0.39 is 11.2 Å². The Balaban J connectivity index is 0. The van der Waals surface area contributed by atoms with Gasteiger partial charge < -0.3 is 19.4 Å². The molecule has 0 fully saturated rings. The van der Waals surface area contributed by atoms with Gasteiger partial charge in [0.25, 0.3) is 0 Å². The van der Waals surface area contributed by atoms with Crippen molar-refractivity contribution in [1.29, 1.82) is 0 Å². The average Bonchev–Trinajstić information content (AvgIpc) is 2.14. The van der Waals surface area contributed by atoms with Crippen LogP contribution in [0, 0.1) is 5.41 Å². The van der Waals surface area contributed by atoms with Crippen LogP contribution in [0.1, 0.15) is 60.8 Å². The van der Waals surface area contributed by atoms with Gasteiger partial charge in [-0.15, -0.1) is 0 Å². The van der Waals surface area contributed by atoms with Crippen molar-refractivity contribution in [2.75, 3.05) is 6.79 Å². The summed E-state index contributed by atoms with van der Waals surface area (Å²) in [6, 6.07) is 0. The molecule has 0 spiro atoms. The molecule has 0 aliphatic heterocycles. The SMILES string of the molecule is CCC(C)(CC(C)(CC(C)(C)C)OCO)O[C-]=O.[Y]. The largest absolute Gasteiger partial charge is 0.649 e. The first-order valence-corrected chi connectivity index (χ1v) is 6.40. The molecule has 2 atom stereocenters. The van der Waals surface area contributed by atoms with Gasteiger partial charge in [-0.25, -0.2) is 0 Å². The van der Waals surface area contributed by atoms with E-state index in [0.29, 0.717) is 12.8 Å². The van der Waals surface area contributed by atoms with Crippen LogP contribution in [0.15, 0.2) is 0 Å². The molecule has 0 aromatic heterocycles. The fourth-order valence-corrected chi connectivity index (χ4v) is 2.57. The maximum atomic E-state index is 10.5. The minimum absolute atomic E-state index is 0. The van der Waals surface area contributed by atoms with Crippen molar-refractivity contribution in [3.8, 4) is 0 Å². The molecule has 0 heterocycles. The predicted octanol–water partition coefficient (Wildman–Crippen LogP) is 2.79. The van der Waals surface area contributed by atoms with Crippen LogP contribution in [0.25, 0.3) is 0 Å². The molecule has 0 bridgehead atoms. The van der Waals surface area contributed by atoms with Crippen molar-refractivity contribution in [2.24, 2.45) is 5.41 Å². The molecule has 0 saturated carbocycles. The number of carbonyl (C=O) groups excluding carboxylic acids is 1. The number of ether oxygens (including phenoxy) is 2. The van der Waals surface area contributed by atoms with Gasteiger partial charge in [0.05, 0.1) is 11.2 Å². The molecule has 5 heteroatoms. The van der Waals surface area contributed by atoms with E-state index in [4.69, 9.17) is 14.6 Å². The molecule has 0 aliphatic carbocycles. The smallest absolute Gasteiger partial charge is 0.144 e. The first kappa shape index (κ1) is 21.8. The van der Waals surface area contributed by atoms with E-state index in [1.807, 2.05) is 20.8 Å². The molecule has 4 nitrogen and oxygen atoms in total. The molecule has 2 unspecified atom stereocenters. The molecule has 0 aromatic carbocycles. The Labute approximate surface area is 142 Å². The Kier molecular flexibility index (Phi) is 9.99. The maximum absolute atomic E-state index is 10.5. The topological polar surface area (TPSA) is 55.8 Å². The Morgan fingerprint density at radius 3 is 1.89 bits per heavy atom. The number of aliphatic hydroxyl groups excluding tert-OH is 1. The van der Waals surface area contributed by atoms with Gasteiger partial charge in [0.2, 0.25) is 0 Å². The van der Waals surface area contributed by atoms with E-state index >= 15 is 0 Å². The third-order valence-electron chi connectivity index (χ3n) is 3.10. The zero-order chi connectivity index (χ0) is 14.4. The van der Waals surface area contributed by atoms with E-state index in [-0.39, 0.29) is 44.9 Å². The van der Waals surface area contributed by atoms with E-state index in [9.17, 15) is 4.79 Å². The fraction of sp³-hybridized carbons (Fsp3) is 0.929. The van der Waals surface area contributed by atoms with Crippen LogP contribution in [-0.4, -0.2) is 29.6 Å². The zero-order valence-corrected chi connectivity index (χ0v) is 15.9. The summed E-state index contributed by atoms with van der Waals surface area (Å²) in [5, 5.41) is 9.06. The molecule has 0 aromatic rings. The summed E-state index contributed by atoms with van der Waals surface area (Å²) in [4.78, 5) is 10.5. The predicted molar refractivity (Wildman–Crippen MR) is 70.7 cm³/mol. The van der Waals surface area contributed by atoms with Gasteiger partial charge in [-0.05, 0) is 32.1 Å². The molecular formula is C14H27O4Y-. The molecule has 111 valence electrons. The summed E-state index contributed by atoms with van der Waals surface area (Å²) in [5.74, 6) is 0. The van der Waals surface area contributed by atoms with Gasteiger partial charge in [-0.3, -0.25) is 0 Å². The van der Waals surface area contributed by atoms with Crippen LogP contribution < -0.4 is 0 Å². The summed E-state index contributed by atoms with van der Waals surface area (Å²) >= 11 is 0. The zero-order valence-electron chi connectivity index (χ0n) is 13.1. The molecule has 0 saturated heterocycles. The third-order valence-corrected chi connectivity index (χ3v) is 3.10. The number of rotatable bonds is 8. The minimum Gasteiger partial charge on any atom is -0.649 e. The van der Waals surface area contributed by atoms with Gasteiger partial charge in [0.15, 0.2) is 0 Å². The van der Waals surface area contributed by atoms with Gasteiger partial charge >= 0.3 is 0 Å². The van der Waals surface area contributed by atoms with E-state index in [1.54, 1.807) is 0 Å². The fourth-order valence-electron chi connectivity index (χ4n) is 2.57. The van der Waals surface area contributed by atoms with Crippen LogP contribution in [0.2, 0.25) is 0 Å². The van der Waals surface area contributed by atoms with Crippen molar-refractivity contribution < 1.29 is 52.1 Å². The molecule has 19 heavy (non-hydrogen) atoms. The van der Waals surface area contributed by atoms with Crippen molar-refractivity contribution >= 4 is 6.47 Å². The van der Waals surface area contributed by atoms with Crippen LogP contribution in [0.3, 0.4) is 0 Å². The quantitative estimate of drug-likeness (QED) is 0.541. The average molecular weight is 348 g/mol. The van der Waals surface area contributed by atoms with Crippen LogP contribution in [0.5, 0.6) is 0 Å². The molecule has 0 amide bonds. The number of hydrogen-bond acceptors (Lipinski definition) is 4. The second-order valence-electron chi connectivity index (χ2n) is 6.63. The van der Waals surface area contributed by atoms with E-state index in [1.165, 1.54) is 6.47 Å². The third kappa shape index (κ3) is 9.12. The number of hydrogen-bond donors (Lipinski definition) is 1. The Morgan fingerprint density at radius 1 is 1.05 bits per heavy atom. The van der Waals surface area contributed by atoms with Crippen LogP contribution in [-0.2, 0) is 47.0 Å². The van der Waals surface area contributed by atoms with Crippen molar-refractivity contribution in [1.82, 2.24) is 0 Å². The Bertz CT molecular complexity index is 265. The van der Waals surface area contributed by atoms with Crippen LogP contribution >= 0.6 is 0 Å². The Hall–Kier alpha value is 0.494. The summed E-state index contributed by atoms with van der Waals surface area (Å²) in [6.45, 7) is 13.3. The monoisotopic (exact) mass is 348 g/mol. The van der Waals surface area contributed by atoms with Crippen molar-refractivity contribution in [2.45, 2.75) is 72.0 Å². The Morgan fingerprint density at radius 2 is 1.58 bits per heavy atom. The maximum Gasteiger partial charge on any atom is 0.144 e.